The van der Waals surface area contributed by atoms with Crippen LogP contribution in [0, 0.1) is 0 Å². The summed E-state index contributed by atoms with van der Waals surface area (Å²) < 4.78 is 16.7. The highest BCUT2D eigenvalue weighted by atomic mass is 16.6. The normalized spacial score (nSPS) is 12.4. The van der Waals surface area contributed by atoms with Gasteiger partial charge < -0.3 is 14.2 Å². The van der Waals surface area contributed by atoms with Crippen LogP contribution in [0.4, 0.5) is 0 Å². The Morgan fingerprint density at radius 3 is 1.05 bits per heavy atom. The molecular weight excluding hydrogens is 733 g/mol. The van der Waals surface area contributed by atoms with E-state index in [0.717, 1.165) is 103 Å². The van der Waals surface area contributed by atoms with Crippen molar-refractivity contribution in [3.63, 3.8) is 0 Å². The van der Waals surface area contributed by atoms with Crippen LogP contribution in [-0.4, -0.2) is 37.2 Å². The first kappa shape index (κ1) is 56.4. The Morgan fingerprint density at radius 2 is 0.644 bits per heavy atom. The van der Waals surface area contributed by atoms with E-state index in [1.165, 1.54) is 109 Å². The number of unbranched alkanes of at least 4 members (excludes halogenated alkanes) is 26. The Bertz CT molecular complexity index is 1040. The van der Waals surface area contributed by atoms with Crippen molar-refractivity contribution in [3.8, 4) is 0 Å². The molecular formula is C53H94O6. The molecule has 0 heterocycles. The van der Waals surface area contributed by atoms with Gasteiger partial charge >= 0.3 is 17.9 Å². The summed E-state index contributed by atoms with van der Waals surface area (Å²) in [4.78, 5) is 37.9. The van der Waals surface area contributed by atoms with E-state index in [4.69, 9.17) is 14.2 Å². The first-order chi connectivity index (χ1) is 29.0. The second-order valence-corrected chi connectivity index (χ2v) is 16.7. The summed E-state index contributed by atoms with van der Waals surface area (Å²) in [7, 11) is 0. The second-order valence-electron chi connectivity index (χ2n) is 16.7. The number of rotatable bonds is 45. The topological polar surface area (TPSA) is 78.9 Å². The van der Waals surface area contributed by atoms with E-state index in [1.54, 1.807) is 0 Å². The summed E-state index contributed by atoms with van der Waals surface area (Å²) >= 11 is 0. The zero-order valence-corrected chi connectivity index (χ0v) is 39.0. The Labute approximate surface area is 365 Å². The number of esters is 3. The summed E-state index contributed by atoms with van der Waals surface area (Å²) in [6.45, 7) is 6.52. The molecule has 0 aliphatic rings. The smallest absolute Gasteiger partial charge is 0.306 e. The fourth-order valence-corrected chi connectivity index (χ4v) is 6.94. The zero-order valence-electron chi connectivity index (χ0n) is 39.0. The van der Waals surface area contributed by atoms with Gasteiger partial charge in [0.05, 0.1) is 0 Å². The van der Waals surface area contributed by atoms with Crippen molar-refractivity contribution in [1.82, 2.24) is 0 Å². The van der Waals surface area contributed by atoms with Crippen LogP contribution < -0.4 is 0 Å². The van der Waals surface area contributed by atoms with Gasteiger partial charge in [-0.1, -0.05) is 185 Å². The minimum Gasteiger partial charge on any atom is -0.462 e. The fraction of sp³-hybridized carbons (Fsp3) is 0.792. The fourth-order valence-electron chi connectivity index (χ4n) is 6.94. The minimum atomic E-state index is -0.784. The summed E-state index contributed by atoms with van der Waals surface area (Å²) in [5.74, 6) is -0.913. The van der Waals surface area contributed by atoms with Crippen molar-refractivity contribution in [1.29, 1.82) is 0 Å². The molecule has 0 saturated heterocycles. The number of carbonyl (C=O) groups excluding carboxylic acids is 3. The van der Waals surface area contributed by atoms with Gasteiger partial charge in [0.2, 0.25) is 0 Å². The molecule has 6 heteroatoms. The quantitative estimate of drug-likeness (QED) is 0.0263. The van der Waals surface area contributed by atoms with Gasteiger partial charge in [0, 0.05) is 19.3 Å². The lowest BCUT2D eigenvalue weighted by molar-refractivity contribution is -0.167. The van der Waals surface area contributed by atoms with Gasteiger partial charge in [-0.2, -0.15) is 0 Å². The van der Waals surface area contributed by atoms with Crippen molar-refractivity contribution in [2.45, 2.75) is 258 Å². The van der Waals surface area contributed by atoms with Gasteiger partial charge in [-0.15, -0.1) is 0 Å². The van der Waals surface area contributed by atoms with Gasteiger partial charge in [0.25, 0.3) is 0 Å². The lowest BCUT2D eigenvalue weighted by atomic mass is 10.1. The second kappa shape index (κ2) is 48.0. The van der Waals surface area contributed by atoms with Crippen LogP contribution in [0.5, 0.6) is 0 Å². The van der Waals surface area contributed by atoms with Crippen LogP contribution in [0.1, 0.15) is 252 Å². The molecule has 0 amide bonds. The van der Waals surface area contributed by atoms with Crippen LogP contribution in [0.25, 0.3) is 0 Å². The van der Waals surface area contributed by atoms with Crippen LogP contribution in [-0.2, 0) is 28.6 Å². The van der Waals surface area contributed by atoms with Crippen LogP contribution >= 0.6 is 0 Å². The number of allylic oxidation sites excluding steroid dienone is 8. The summed E-state index contributed by atoms with van der Waals surface area (Å²) in [6.07, 6.45) is 56.6. The molecule has 0 radical (unpaired) electrons. The molecule has 0 bridgehead atoms. The van der Waals surface area contributed by atoms with Gasteiger partial charge in [-0.3, -0.25) is 14.4 Å². The monoisotopic (exact) mass is 827 g/mol. The van der Waals surface area contributed by atoms with Gasteiger partial charge in [0.1, 0.15) is 13.2 Å². The molecule has 0 aliphatic carbocycles. The Morgan fingerprint density at radius 1 is 0.339 bits per heavy atom. The lowest BCUT2D eigenvalue weighted by Crippen LogP contribution is -2.30. The molecule has 1 atom stereocenters. The average molecular weight is 827 g/mol. The van der Waals surface area contributed by atoms with Gasteiger partial charge in [-0.25, -0.2) is 0 Å². The minimum absolute atomic E-state index is 0.0853. The Kier molecular flexibility index (Phi) is 45.9. The SMILES string of the molecule is CCC/C=C\C/C=C\CCCCCCCC(=O)OC(COC(=O)CCCCCCC/C=C\CCCCC)COC(=O)CCCCCCC/C=C\CCCCCCCCC. The number of ether oxygens (including phenoxy) is 3. The van der Waals surface area contributed by atoms with E-state index in [0.29, 0.717) is 19.3 Å². The molecule has 0 saturated carbocycles. The molecule has 6 nitrogen and oxygen atoms in total. The van der Waals surface area contributed by atoms with Gasteiger partial charge in [-0.05, 0) is 96.3 Å². The van der Waals surface area contributed by atoms with Crippen molar-refractivity contribution < 1.29 is 28.6 Å². The van der Waals surface area contributed by atoms with E-state index in [1.807, 2.05) is 0 Å². The van der Waals surface area contributed by atoms with E-state index in [9.17, 15) is 14.4 Å². The largest absolute Gasteiger partial charge is 0.462 e. The summed E-state index contributed by atoms with van der Waals surface area (Å²) in [5, 5.41) is 0. The summed E-state index contributed by atoms with van der Waals surface area (Å²) in [5.41, 5.74) is 0. The Hall–Kier alpha value is -2.63. The molecule has 0 aromatic heterocycles. The zero-order chi connectivity index (χ0) is 43.0. The van der Waals surface area contributed by atoms with Crippen LogP contribution in [0.2, 0.25) is 0 Å². The van der Waals surface area contributed by atoms with Crippen molar-refractivity contribution in [2.75, 3.05) is 13.2 Å². The van der Waals surface area contributed by atoms with E-state index < -0.39 is 6.10 Å². The predicted molar refractivity (Wildman–Crippen MR) is 252 cm³/mol. The van der Waals surface area contributed by atoms with Crippen molar-refractivity contribution in [3.05, 3.63) is 48.6 Å². The average Bonchev–Trinajstić information content (AvgIpc) is 3.23. The molecule has 59 heavy (non-hydrogen) atoms. The highest BCUT2D eigenvalue weighted by molar-refractivity contribution is 5.71. The predicted octanol–water partition coefficient (Wildman–Crippen LogP) is 16.3. The van der Waals surface area contributed by atoms with Crippen molar-refractivity contribution >= 4 is 17.9 Å². The van der Waals surface area contributed by atoms with E-state index in [-0.39, 0.29) is 31.1 Å². The molecule has 0 aliphatic heterocycles. The Balaban J connectivity index is 4.39. The van der Waals surface area contributed by atoms with E-state index in [2.05, 4.69) is 69.4 Å². The first-order valence-corrected chi connectivity index (χ1v) is 25.1. The summed E-state index contributed by atoms with van der Waals surface area (Å²) in [6, 6.07) is 0. The third kappa shape index (κ3) is 46.3. The highest BCUT2D eigenvalue weighted by Crippen LogP contribution is 2.14. The standard InChI is InChI=1S/C53H94O6/c1-4-7-10-13-16-19-22-25-26-27-29-31-34-37-40-43-46-52(55)58-49-50(48-57-51(54)45-42-39-36-33-30-24-21-18-15-12-9-6-3)59-53(56)47-44-41-38-35-32-28-23-20-17-14-11-8-5-2/h11,14,18,20-21,23,26-27,50H,4-10,12-13,15-17,19,22,24-25,28-49H2,1-3H3/b14-11-,21-18-,23-20-,27-26-. The molecule has 0 N–H and O–H groups in total. The molecule has 1 unspecified atom stereocenters. The van der Waals surface area contributed by atoms with Crippen LogP contribution in [0.15, 0.2) is 48.6 Å². The van der Waals surface area contributed by atoms with Crippen LogP contribution in [0.3, 0.4) is 0 Å². The third-order valence-corrected chi connectivity index (χ3v) is 10.8. The molecule has 0 rings (SSSR count). The number of carbonyl (C=O) groups is 3. The maximum Gasteiger partial charge on any atom is 0.306 e. The maximum absolute atomic E-state index is 12.8. The maximum atomic E-state index is 12.8. The molecule has 0 spiro atoms. The van der Waals surface area contributed by atoms with Gasteiger partial charge in [0.15, 0.2) is 6.10 Å². The number of hydrogen-bond donors (Lipinski definition) is 0. The van der Waals surface area contributed by atoms with E-state index >= 15 is 0 Å². The first-order valence-electron chi connectivity index (χ1n) is 25.1. The highest BCUT2D eigenvalue weighted by Gasteiger charge is 2.19. The van der Waals surface area contributed by atoms with Crippen molar-refractivity contribution in [2.24, 2.45) is 0 Å². The third-order valence-electron chi connectivity index (χ3n) is 10.8. The molecule has 0 fully saturated rings. The molecule has 342 valence electrons. The molecule has 0 aromatic rings. The number of hydrogen-bond acceptors (Lipinski definition) is 6. The molecule has 0 aromatic carbocycles. The lowest BCUT2D eigenvalue weighted by Gasteiger charge is -2.18.